The third kappa shape index (κ3) is 5.14. The van der Waals surface area contributed by atoms with Gasteiger partial charge in [-0.25, -0.2) is 0 Å². The molecule has 1 aromatic heterocycles. The molecule has 100 valence electrons. The zero-order chi connectivity index (χ0) is 13.6. The molecule has 0 fully saturated rings. The van der Waals surface area contributed by atoms with E-state index in [1.165, 1.54) is 0 Å². The lowest BCUT2D eigenvalue weighted by Gasteiger charge is -2.24. The summed E-state index contributed by atoms with van der Waals surface area (Å²) in [6.07, 6.45) is 4.81. The van der Waals surface area contributed by atoms with Crippen LogP contribution in [-0.4, -0.2) is 29.1 Å². The quantitative estimate of drug-likeness (QED) is 0.847. The summed E-state index contributed by atoms with van der Waals surface area (Å²) in [4.78, 5) is 15.9. The van der Waals surface area contributed by atoms with E-state index in [0.717, 1.165) is 17.3 Å². The first-order valence-corrected chi connectivity index (χ1v) is 6.73. The lowest BCUT2D eigenvalue weighted by molar-refractivity contribution is 0.0932. The molecule has 0 bridgehead atoms. The van der Waals surface area contributed by atoms with Gasteiger partial charge in [0.05, 0.1) is 5.56 Å². The second-order valence-corrected chi connectivity index (χ2v) is 5.98. The van der Waals surface area contributed by atoms with Crippen molar-refractivity contribution in [2.75, 3.05) is 13.2 Å². The molecule has 0 saturated carbocycles. The Morgan fingerprint density at radius 3 is 2.83 bits per heavy atom. The van der Waals surface area contributed by atoms with Crippen molar-refractivity contribution in [3.63, 3.8) is 0 Å². The van der Waals surface area contributed by atoms with E-state index in [9.17, 15) is 4.79 Å². The van der Waals surface area contributed by atoms with Crippen LogP contribution in [0.2, 0.25) is 0 Å². The van der Waals surface area contributed by atoms with E-state index in [4.69, 9.17) is 5.11 Å². The Kier molecular flexibility index (Phi) is 5.75. The van der Waals surface area contributed by atoms with Gasteiger partial charge in [0.25, 0.3) is 5.91 Å². The van der Waals surface area contributed by atoms with Crippen LogP contribution in [0.4, 0.5) is 0 Å². The van der Waals surface area contributed by atoms with Crippen molar-refractivity contribution in [2.24, 2.45) is 5.41 Å². The maximum absolute atomic E-state index is 11.9. The Labute approximate surface area is 116 Å². The van der Waals surface area contributed by atoms with Crippen molar-refractivity contribution in [3.05, 3.63) is 28.5 Å². The van der Waals surface area contributed by atoms with Crippen molar-refractivity contribution in [2.45, 2.75) is 26.7 Å². The molecular weight excluding hydrogens is 296 g/mol. The molecular formula is C13H19BrN2O2. The van der Waals surface area contributed by atoms with Gasteiger partial charge in [-0.15, -0.1) is 0 Å². The van der Waals surface area contributed by atoms with Crippen LogP contribution in [0.25, 0.3) is 0 Å². The molecule has 1 heterocycles. The van der Waals surface area contributed by atoms with Crippen LogP contribution < -0.4 is 5.32 Å². The number of amides is 1. The van der Waals surface area contributed by atoms with Gasteiger partial charge in [-0.1, -0.05) is 13.8 Å². The van der Waals surface area contributed by atoms with Crippen molar-refractivity contribution in [3.8, 4) is 0 Å². The van der Waals surface area contributed by atoms with Crippen LogP contribution >= 0.6 is 15.9 Å². The highest BCUT2D eigenvalue weighted by Gasteiger charge is 2.18. The molecule has 4 nitrogen and oxygen atoms in total. The van der Waals surface area contributed by atoms with Crippen molar-refractivity contribution in [1.82, 2.24) is 10.3 Å². The summed E-state index contributed by atoms with van der Waals surface area (Å²) in [5, 5.41) is 11.7. The second kappa shape index (κ2) is 6.85. The highest BCUT2D eigenvalue weighted by molar-refractivity contribution is 9.10. The molecule has 0 aliphatic rings. The number of carbonyl (C=O) groups is 1. The summed E-state index contributed by atoms with van der Waals surface area (Å²) in [5.74, 6) is -0.124. The van der Waals surface area contributed by atoms with Crippen molar-refractivity contribution >= 4 is 21.8 Å². The number of aliphatic hydroxyl groups excluding tert-OH is 1. The normalized spacial score (nSPS) is 11.3. The zero-order valence-corrected chi connectivity index (χ0v) is 12.3. The molecule has 18 heavy (non-hydrogen) atoms. The van der Waals surface area contributed by atoms with E-state index in [-0.39, 0.29) is 17.9 Å². The Hall–Kier alpha value is -0.940. The maximum Gasteiger partial charge on any atom is 0.252 e. The van der Waals surface area contributed by atoms with E-state index >= 15 is 0 Å². The fraction of sp³-hybridized carbons (Fsp3) is 0.538. The molecule has 2 N–H and O–H groups in total. The predicted octanol–water partition coefficient (Wildman–Crippen LogP) is 2.37. The average Bonchev–Trinajstić information content (AvgIpc) is 2.34. The van der Waals surface area contributed by atoms with Crippen LogP contribution in [0.5, 0.6) is 0 Å². The molecule has 0 unspecified atom stereocenters. The van der Waals surface area contributed by atoms with Crippen LogP contribution in [0, 0.1) is 5.41 Å². The average molecular weight is 315 g/mol. The van der Waals surface area contributed by atoms with E-state index in [1.54, 1.807) is 18.5 Å². The molecule has 1 rings (SSSR count). The first kappa shape index (κ1) is 15.1. The molecule has 0 saturated heterocycles. The number of aromatic nitrogens is 1. The molecule has 0 aromatic carbocycles. The summed E-state index contributed by atoms with van der Waals surface area (Å²) in [6, 6.07) is 1.74. The molecule has 1 aromatic rings. The number of rotatable bonds is 6. The minimum Gasteiger partial charge on any atom is -0.396 e. The molecule has 0 aliphatic carbocycles. The van der Waals surface area contributed by atoms with Crippen LogP contribution in [0.1, 0.15) is 37.0 Å². The summed E-state index contributed by atoms with van der Waals surface area (Å²) < 4.78 is 0.787. The lowest BCUT2D eigenvalue weighted by atomic mass is 9.88. The summed E-state index contributed by atoms with van der Waals surface area (Å²) in [6.45, 7) is 4.91. The number of hydrogen-bond donors (Lipinski definition) is 2. The number of nitrogens with zero attached hydrogens (tertiary/aromatic N) is 1. The molecule has 0 atom stereocenters. The van der Waals surface area contributed by atoms with Gasteiger partial charge in [0.2, 0.25) is 0 Å². The second-order valence-electron chi connectivity index (χ2n) is 5.07. The number of carbonyl (C=O) groups excluding carboxylic acids is 1. The Morgan fingerprint density at radius 1 is 1.50 bits per heavy atom. The van der Waals surface area contributed by atoms with Crippen molar-refractivity contribution < 1.29 is 9.90 Å². The highest BCUT2D eigenvalue weighted by atomic mass is 79.9. The third-order valence-electron chi connectivity index (χ3n) is 2.71. The lowest BCUT2D eigenvalue weighted by Crippen LogP contribution is -2.34. The first-order valence-electron chi connectivity index (χ1n) is 5.94. The minimum atomic E-state index is -0.124. The fourth-order valence-corrected chi connectivity index (χ4v) is 1.97. The monoisotopic (exact) mass is 314 g/mol. The molecule has 1 amide bonds. The smallest absolute Gasteiger partial charge is 0.252 e. The van der Waals surface area contributed by atoms with Crippen LogP contribution in [-0.2, 0) is 0 Å². The maximum atomic E-state index is 11.9. The van der Waals surface area contributed by atoms with Gasteiger partial charge in [0, 0.05) is 30.0 Å². The molecule has 0 radical (unpaired) electrons. The highest BCUT2D eigenvalue weighted by Crippen LogP contribution is 2.21. The summed E-state index contributed by atoms with van der Waals surface area (Å²) in [5.41, 5.74) is 0.528. The standard InChI is InChI=1S/C13H19BrN2O2/c1-13(2,4-3-5-17)9-16-12(18)10-6-11(14)8-15-7-10/h6-8,17H,3-5,9H2,1-2H3,(H,16,18). The number of nitrogens with one attached hydrogen (secondary N) is 1. The Bertz CT molecular complexity index is 408. The third-order valence-corrected chi connectivity index (χ3v) is 3.14. The zero-order valence-electron chi connectivity index (χ0n) is 10.7. The van der Waals surface area contributed by atoms with E-state index in [2.05, 4.69) is 40.1 Å². The number of aliphatic hydroxyl groups is 1. The molecule has 5 heteroatoms. The fourth-order valence-electron chi connectivity index (χ4n) is 1.60. The van der Waals surface area contributed by atoms with Gasteiger partial charge >= 0.3 is 0 Å². The first-order chi connectivity index (χ1) is 8.44. The Morgan fingerprint density at radius 2 is 2.22 bits per heavy atom. The van der Waals surface area contributed by atoms with Gasteiger partial charge in [0.1, 0.15) is 0 Å². The van der Waals surface area contributed by atoms with Gasteiger partial charge in [-0.2, -0.15) is 0 Å². The molecule has 0 aliphatic heterocycles. The van der Waals surface area contributed by atoms with E-state index in [0.29, 0.717) is 12.1 Å². The van der Waals surface area contributed by atoms with Gasteiger partial charge in [-0.05, 0) is 40.3 Å². The predicted molar refractivity (Wildman–Crippen MR) is 74.4 cm³/mol. The van der Waals surface area contributed by atoms with Crippen molar-refractivity contribution in [1.29, 1.82) is 0 Å². The number of halogens is 1. The van der Waals surface area contributed by atoms with E-state index < -0.39 is 0 Å². The molecule has 0 spiro atoms. The summed E-state index contributed by atoms with van der Waals surface area (Å²) in [7, 11) is 0. The Balaban J connectivity index is 2.50. The largest absolute Gasteiger partial charge is 0.396 e. The van der Waals surface area contributed by atoms with Gasteiger partial charge < -0.3 is 10.4 Å². The van der Waals surface area contributed by atoms with E-state index in [1.807, 2.05) is 0 Å². The number of hydrogen-bond acceptors (Lipinski definition) is 3. The SMILES string of the molecule is CC(C)(CCCO)CNC(=O)c1cncc(Br)c1. The van der Waals surface area contributed by atoms with Gasteiger partial charge in [0.15, 0.2) is 0 Å². The topological polar surface area (TPSA) is 62.2 Å². The van der Waals surface area contributed by atoms with Gasteiger partial charge in [-0.3, -0.25) is 9.78 Å². The van der Waals surface area contributed by atoms with Crippen LogP contribution in [0.3, 0.4) is 0 Å². The summed E-state index contributed by atoms with van der Waals surface area (Å²) >= 11 is 3.28. The van der Waals surface area contributed by atoms with Crippen LogP contribution in [0.15, 0.2) is 22.9 Å². The minimum absolute atomic E-state index is 0.0160. The number of pyridine rings is 1.